The molecule has 3 aromatic rings. The fourth-order valence-electron chi connectivity index (χ4n) is 4.53. The van der Waals surface area contributed by atoms with Crippen molar-refractivity contribution in [3.8, 4) is 16.9 Å². The summed E-state index contributed by atoms with van der Waals surface area (Å²) in [6, 6.07) is 15.1. The van der Waals surface area contributed by atoms with Gasteiger partial charge in [-0.25, -0.2) is 0 Å². The number of ether oxygens (including phenoxy) is 1. The monoisotopic (exact) mass is 498 g/mol. The van der Waals surface area contributed by atoms with Crippen LogP contribution in [0.5, 0.6) is 5.75 Å². The van der Waals surface area contributed by atoms with Crippen LogP contribution in [-0.2, 0) is 13.1 Å². The Labute approximate surface area is 210 Å². The Kier molecular flexibility index (Phi) is 7.61. The topological polar surface area (TPSA) is 81.6 Å². The first-order valence-electron chi connectivity index (χ1n) is 11.3. The molecule has 0 bridgehead atoms. The molecule has 2 aliphatic rings. The molecule has 0 atom stereocenters. The number of fused-ring (bicyclic) bond motifs is 1. The van der Waals surface area contributed by atoms with Crippen LogP contribution in [0.25, 0.3) is 11.1 Å². The van der Waals surface area contributed by atoms with Gasteiger partial charge in [-0.2, -0.15) is 0 Å². The first kappa shape index (κ1) is 24.3. The zero-order chi connectivity index (χ0) is 22.8. The smallest absolute Gasteiger partial charge is 0.250 e. The van der Waals surface area contributed by atoms with Crippen molar-refractivity contribution in [3.05, 3.63) is 86.8 Å². The van der Waals surface area contributed by atoms with Crippen LogP contribution >= 0.6 is 24.0 Å². The van der Waals surface area contributed by atoms with Crippen molar-refractivity contribution in [1.29, 1.82) is 0 Å². The normalized spacial score (nSPS) is 15.4. The van der Waals surface area contributed by atoms with Gasteiger partial charge in [0.1, 0.15) is 11.6 Å². The molecule has 0 saturated carbocycles. The zero-order valence-electron chi connectivity index (χ0n) is 18.8. The third kappa shape index (κ3) is 5.30. The lowest BCUT2D eigenvalue weighted by Crippen LogP contribution is -2.30. The number of aromatic nitrogens is 1. The Morgan fingerprint density at radius 1 is 1.12 bits per heavy atom. The maximum absolute atomic E-state index is 12.5. The van der Waals surface area contributed by atoms with Gasteiger partial charge in [0, 0.05) is 17.3 Å². The van der Waals surface area contributed by atoms with E-state index in [0.29, 0.717) is 36.5 Å². The van der Waals surface area contributed by atoms with Crippen LogP contribution in [0.2, 0.25) is 5.02 Å². The molecule has 2 aliphatic heterocycles. The largest absolute Gasteiger partial charge is 0.492 e. The van der Waals surface area contributed by atoms with Crippen LogP contribution in [-0.4, -0.2) is 30.1 Å². The number of rotatable bonds is 6. The van der Waals surface area contributed by atoms with E-state index in [0.717, 1.165) is 59.5 Å². The molecule has 0 amide bonds. The Morgan fingerprint density at radius 2 is 1.94 bits per heavy atom. The van der Waals surface area contributed by atoms with E-state index in [4.69, 9.17) is 22.1 Å². The summed E-state index contributed by atoms with van der Waals surface area (Å²) < 4.78 is 8.01. The van der Waals surface area contributed by atoms with Gasteiger partial charge >= 0.3 is 0 Å². The molecule has 0 unspecified atom stereocenters. The molecule has 1 fully saturated rings. The maximum atomic E-state index is 12.5. The molecular weight excluding hydrogens is 471 g/mol. The third-order valence-electron chi connectivity index (χ3n) is 6.35. The second kappa shape index (κ2) is 10.6. The number of hydrogen-bond donors (Lipinski definition) is 2. The zero-order valence-corrected chi connectivity index (χ0v) is 20.4. The molecule has 1 saturated heterocycles. The molecule has 5 rings (SSSR count). The van der Waals surface area contributed by atoms with E-state index in [1.54, 1.807) is 10.6 Å². The van der Waals surface area contributed by atoms with Crippen molar-refractivity contribution in [3.63, 3.8) is 0 Å². The summed E-state index contributed by atoms with van der Waals surface area (Å²) in [5, 5.41) is 4.05. The maximum Gasteiger partial charge on any atom is 0.250 e. The molecule has 1 aromatic heterocycles. The quantitative estimate of drug-likeness (QED) is 0.532. The fraction of sp³-hybridized carbons (Fsp3) is 0.308. The molecule has 3 N–H and O–H groups in total. The lowest BCUT2D eigenvalue weighted by atomic mass is 9.98. The average molecular weight is 499 g/mol. The predicted molar refractivity (Wildman–Crippen MR) is 139 cm³/mol. The second-order valence-electron chi connectivity index (χ2n) is 8.73. The van der Waals surface area contributed by atoms with Gasteiger partial charge in [0.2, 0.25) is 0 Å². The van der Waals surface area contributed by atoms with E-state index >= 15 is 0 Å². The molecule has 178 valence electrons. The van der Waals surface area contributed by atoms with Gasteiger partial charge in [0.05, 0.1) is 25.3 Å². The van der Waals surface area contributed by atoms with Crippen LogP contribution in [0, 0.1) is 5.92 Å². The number of halogens is 2. The number of nitrogens with two attached hydrogens (primary N) is 1. The first-order chi connectivity index (χ1) is 16.1. The lowest BCUT2D eigenvalue weighted by molar-refractivity contribution is 0.215. The molecule has 0 spiro atoms. The highest BCUT2D eigenvalue weighted by molar-refractivity contribution is 6.30. The van der Waals surface area contributed by atoms with Gasteiger partial charge in [-0.1, -0.05) is 23.7 Å². The molecule has 6 nitrogen and oxygen atoms in total. The van der Waals surface area contributed by atoms with Gasteiger partial charge in [-0.3, -0.25) is 9.79 Å². The first-order valence-corrected chi connectivity index (χ1v) is 11.7. The van der Waals surface area contributed by atoms with Crippen molar-refractivity contribution in [2.45, 2.75) is 25.9 Å². The number of piperidine rings is 1. The number of hydrogen-bond acceptors (Lipinski definition) is 5. The summed E-state index contributed by atoms with van der Waals surface area (Å²) in [7, 11) is 0. The molecule has 0 radical (unpaired) electrons. The number of aliphatic imine (C=N–C) groups is 1. The molecule has 34 heavy (non-hydrogen) atoms. The Balaban J connectivity index is 0.00000274. The summed E-state index contributed by atoms with van der Waals surface area (Å²) in [6.07, 6.45) is 4.11. The number of amidine groups is 1. The summed E-state index contributed by atoms with van der Waals surface area (Å²) in [6.45, 7) is 3.72. The van der Waals surface area contributed by atoms with Crippen molar-refractivity contribution >= 4 is 29.8 Å². The van der Waals surface area contributed by atoms with E-state index in [9.17, 15) is 4.79 Å². The minimum atomic E-state index is -0.0603. The van der Waals surface area contributed by atoms with Crippen molar-refractivity contribution < 1.29 is 4.74 Å². The highest BCUT2D eigenvalue weighted by Gasteiger charge is 2.22. The molecule has 8 heteroatoms. The number of benzene rings is 2. The van der Waals surface area contributed by atoms with Crippen LogP contribution in [0.3, 0.4) is 0 Å². The summed E-state index contributed by atoms with van der Waals surface area (Å²) >= 11 is 6.12. The predicted octanol–water partition coefficient (Wildman–Crippen LogP) is 4.24. The standard InChI is InChI=1S/C26H27ClN4O2.ClH/c27-22-3-1-2-18(10-22)14-31-15-19(4-5-24(31)32)20-11-21-13-30-26(28)25(21)23(12-20)33-16-17-6-8-29-9-7-17;/h1-5,10-12,15,17,29H,6-9,13-14,16H2,(H2,28,30);1H. The van der Waals surface area contributed by atoms with Gasteiger partial charge in [0.15, 0.2) is 0 Å². The van der Waals surface area contributed by atoms with E-state index < -0.39 is 0 Å². The summed E-state index contributed by atoms with van der Waals surface area (Å²) in [5.74, 6) is 1.83. The highest BCUT2D eigenvalue weighted by atomic mass is 35.5. The minimum absolute atomic E-state index is 0. The molecular formula is C26H28Cl2N4O2. The van der Waals surface area contributed by atoms with Gasteiger partial charge in [0.25, 0.3) is 5.56 Å². The van der Waals surface area contributed by atoms with Crippen molar-refractivity contribution in [2.75, 3.05) is 19.7 Å². The second-order valence-corrected chi connectivity index (χ2v) is 9.16. The van der Waals surface area contributed by atoms with E-state index in [2.05, 4.69) is 16.4 Å². The van der Waals surface area contributed by atoms with Crippen molar-refractivity contribution in [2.24, 2.45) is 16.6 Å². The minimum Gasteiger partial charge on any atom is -0.492 e. The van der Waals surface area contributed by atoms with Crippen LogP contribution in [0.4, 0.5) is 0 Å². The van der Waals surface area contributed by atoms with E-state index in [1.165, 1.54) is 0 Å². The lowest BCUT2D eigenvalue weighted by Gasteiger charge is -2.23. The van der Waals surface area contributed by atoms with Crippen LogP contribution < -0.4 is 21.3 Å². The molecule has 2 aromatic carbocycles. The molecule has 3 heterocycles. The summed E-state index contributed by atoms with van der Waals surface area (Å²) in [5.41, 5.74) is 11.0. The number of nitrogens with one attached hydrogen (secondary N) is 1. The van der Waals surface area contributed by atoms with E-state index in [1.807, 2.05) is 42.6 Å². The van der Waals surface area contributed by atoms with Crippen molar-refractivity contribution in [1.82, 2.24) is 9.88 Å². The molecule has 0 aliphatic carbocycles. The third-order valence-corrected chi connectivity index (χ3v) is 6.59. The average Bonchev–Trinajstić information content (AvgIpc) is 3.20. The summed E-state index contributed by atoms with van der Waals surface area (Å²) in [4.78, 5) is 17.0. The van der Waals surface area contributed by atoms with Gasteiger partial charge in [-0.05, 0) is 84.4 Å². The van der Waals surface area contributed by atoms with Crippen LogP contribution in [0.1, 0.15) is 29.5 Å². The SMILES string of the molecule is Cl.NC1=NCc2cc(-c3ccc(=O)n(Cc4cccc(Cl)c4)c3)cc(OCC3CCNCC3)c21. The number of pyridine rings is 1. The Hall–Kier alpha value is -2.80. The van der Waals surface area contributed by atoms with Gasteiger partial charge in [-0.15, -0.1) is 12.4 Å². The van der Waals surface area contributed by atoms with Gasteiger partial charge < -0.3 is 20.4 Å². The number of nitrogens with zero attached hydrogens (tertiary/aromatic N) is 2. The highest BCUT2D eigenvalue weighted by Crippen LogP contribution is 2.34. The Bertz CT molecular complexity index is 1270. The fourth-order valence-corrected chi connectivity index (χ4v) is 4.75. The van der Waals surface area contributed by atoms with Crippen LogP contribution in [0.15, 0.2) is 64.5 Å². The Morgan fingerprint density at radius 3 is 2.74 bits per heavy atom. The van der Waals surface area contributed by atoms with E-state index in [-0.39, 0.29) is 18.0 Å².